The van der Waals surface area contributed by atoms with Crippen LogP contribution in [-0.2, 0) is 4.79 Å². The van der Waals surface area contributed by atoms with Crippen molar-refractivity contribution in [2.24, 2.45) is 0 Å². The Morgan fingerprint density at radius 2 is 1.81 bits per heavy atom. The maximum Gasteiger partial charge on any atom is 0.296 e. The van der Waals surface area contributed by atoms with Crippen LogP contribution >= 0.6 is 0 Å². The first-order chi connectivity index (χ1) is 12.3. The molecule has 0 unspecified atom stereocenters. The first-order valence-corrected chi connectivity index (χ1v) is 7.36. The van der Waals surface area contributed by atoms with E-state index in [1.165, 1.54) is 56.5 Å². The van der Waals surface area contributed by atoms with Crippen LogP contribution in [0.2, 0.25) is 0 Å². The number of ether oxygens (including phenoxy) is 2. The first kappa shape index (κ1) is 18.6. The van der Waals surface area contributed by atoms with Gasteiger partial charge in [-0.05, 0) is 25.1 Å². The van der Waals surface area contributed by atoms with Gasteiger partial charge in [-0.2, -0.15) is 0 Å². The van der Waals surface area contributed by atoms with Crippen LogP contribution in [0.5, 0.6) is 11.5 Å². The quantitative estimate of drug-likeness (QED) is 0.592. The van der Waals surface area contributed by atoms with Gasteiger partial charge in [0.05, 0.1) is 29.1 Å². The van der Waals surface area contributed by atoms with Crippen LogP contribution in [0.15, 0.2) is 42.5 Å². The highest BCUT2D eigenvalue weighted by Crippen LogP contribution is 2.29. The highest BCUT2D eigenvalue weighted by Gasteiger charge is 2.21. The van der Waals surface area contributed by atoms with Crippen molar-refractivity contribution < 1.29 is 24.1 Å². The molecule has 10 nitrogen and oxygen atoms in total. The normalized spacial score (nSPS) is 11.3. The molecular weight excluding hydrogens is 346 g/mol. The van der Waals surface area contributed by atoms with Crippen molar-refractivity contribution in [3.05, 3.63) is 62.7 Å². The lowest BCUT2D eigenvalue weighted by Gasteiger charge is -2.15. The number of carbonyl (C=O) groups excluding carboxylic acids is 1. The summed E-state index contributed by atoms with van der Waals surface area (Å²) in [5.74, 6) is -0.244. The van der Waals surface area contributed by atoms with Gasteiger partial charge in [0, 0.05) is 6.07 Å². The molecule has 0 saturated carbocycles. The van der Waals surface area contributed by atoms with E-state index in [9.17, 15) is 25.0 Å². The average Bonchev–Trinajstić information content (AvgIpc) is 2.61. The third-order valence-corrected chi connectivity index (χ3v) is 3.37. The SMILES string of the molecule is COc1ccc(NC(=O)[C@H](C)Oc2cccc([N+](=O)[O-])c2)c([N+](=O)[O-])c1. The van der Waals surface area contributed by atoms with Crippen LogP contribution in [0, 0.1) is 20.2 Å². The zero-order valence-electron chi connectivity index (χ0n) is 13.9. The molecule has 2 aromatic rings. The molecular formula is C16H15N3O7. The van der Waals surface area contributed by atoms with E-state index in [-0.39, 0.29) is 28.6 Å². The third-order valence-electron chi connectivity index (χ3n) is 3.37. The molecule has 0 aliphatic heterocycles. The number of carbonyl (C=O) groups is 1. The lowest BCUT2D eigenvalue weighted by molar-refractivity contribution is -0.385. The Morgan fingerprint density at radius 1 is 1.08 bits per heavy atom. The summed E-state index contributed by atoms with van der Waals surface area (Å²) in [4.78, 5) is 32.9. The van der Waals surface area contributed by atoms with Gasteiger partial charge in [0.15, 0.2) is 6.10 Å². The Balaban J connectivity index is 2.13. The van der Waals surface area contributed by atoms with E-state index in [1.54, 1.807) is 0 Å². The van der Waals surface area contributed by atoms with Crippen LogP contribution < -0.4 is 14.8 Å². The number of benzene rings is 2. The number of nitrogens with zero attached hydrogens (tertiary/aromatic N) is 2. The molecule has 1 N–H and O–H groups in total. The summed E-state index contributed by atoms with van der Waals surface area (Å²) < 4.78 is 10.3. The molecule has 0 radical (unpaired) electrons. The number of non-ortho nitro benzene ring substituents is 1. The first-order valence-electron chi connectivity index (χ1n) is 7.36. The average molecular weight is 361 g/mol. The summed E-state index contributed by atoms with van der Waals surface area (Å²) in [5, 5.41) is 24.3. The number of rotatable bonds is 7. The number of amides is 1. The lowest BCUT2D eigenvalue weighted by Crippen LogP contribution is -2.30. The van der Waals surface area contributed by atoms with Crippen molar-refractivity contribution in [1.29, 1.82) is 0 Å². The van der Waals surface area contributed by atoms with Crippen molar-refractivity contribution in [1.82, 2.24) is 0 Å². The van der Waals surface area contributed by atoms with Crippen LogP contribution in [0.3, 0.4) is 0 Å². The Hall–Kier alpha value is -3.69. The van der Waals surface area contributed by atoms with E-state index in [1.807, 2.05) is 0 Å². The summed E-state index contributed by atoms with van der Waals surface area (Å²) in [6.07, 6.45) is -1.04. The fraction of sp³-hybridized carbons (Fsp3) is 0.188. The molecule has 0 saturated heterocycles. The highest BCUT2D eigenvalue weighted by molar-refractivity contribution is 5.96. The molecule has 1 amide bonds. The lowest BCUT2D eigenvalue weighted by atomic mass is 10.2. The zero-order valence-corrected chi connectivity index (χ0v) is 13.9. The summed E-state index contributed by atoms with van der Waals surface area (Å²) >= 11 is 0. The molecule has 26 heavy (non-hydrogen) atoms. The standard InChI is InChI=1S/C16H15N3O7/c1-10(26-13-5-3-4-11(8-13)18(21)22)16(20)17-14-7-6-12(25-2)9-15(14)19(23)24/h3-10H,1-2H3,(H,17,20)/t10-/m0/s1. The molecule has 0 aliphatic rings. The van der Waals surface area contributed by atoms with Gasteiger partial charge in [-0.15, -0.1) is 0 Å². The van der Waals surface area contributed by atoms with Gasteiger partial charge in [0.1, 0.15) is 17.2 Å². The number of nitro groups is 2. The third kappa shape index (κ3) is 4.44. The zero-order chi connectivity index (χ0) is 19.3. The van der Waals surface area contributed by atoms with Crippen LogP contribution in [0.4, 0.5) is 17.1 Å². The number of hydrogen-bond acceptors (Lipinski definition) is 7. The Morgan fingerprint density at radius 3 is 2.42 bits per heavy atom. The predicted octanol–water partition coefficient (Wildman–Crippen LogP) is 2.92. The molecule has 0 bridgehead atoms. The minimum absolute atomic E-state index is 0.0182. The molecule has 0 aliphatic carbocycles. The van der Waals surface area contributed by atoms with Gasteiger partial charge >= 0.3 is 0 Å². The van der Waals surface area contributed by atoms with E-state index in [0.29, 0.717) is 0 Å². The Labute approximate surface area is 147 Å². The minimum atomic E-state index is -1.04. The number of nitrogens with one attached hydrogen (secondary N) is 1. The van der Waals surface area contributed by atoms with Gasteiger partial charge < -0.3 is 14.8 Å². The summed E-state index contributed by atoms with van der Waals surface area (Å²) in [5.41, 5.74) is -0.531. The minimum Gasteiger partial charge on any atom is -0.496 e. The van der Waals surface area contributed by atoms with Crippen LogP contribution in [0.25, 0.3) is 0 Å². The largest absolute Gasteiger partial charge is 0.496 e. The van der Waals surface area contributed by atoms with Crippen LogP contribution in [0.1, 0.15) is 6.92 Å². The van der Waals surface area contributed by atoms with Gasteiger partial charge in [-0.25, -0.2) is 0 Å². The maximum atomic E-state index is 12.2. The number of methoxy groups -OCH3 is 1. The van der Waals surface area contributed by atoms with E-state index >= 15 is 0 Å². The van der Waals surface area contributed by atoms with Crippen molar-refractivity contribution in [3.63, 3.8) is 0 Å². The fourth-order valence-electron chi connectivity index (χ4n) is 2.06. The molecule has 2 aromatic carbocycles. The summed E-state index contributed by atoms with van der Waals surface area (Å²) in [7, 11) is 1.37. The molecule has 1 atom stereocenters. The number of anilines is 1. The summed E-state index contributed by atoms with van der Waals surface area (Å²) in [6, 6.07) is 9.35. The number of nitro benzene ring substituents is 2. The van der Waals surface area contributed by atoms with E-state index in [2.05, 4.69) is 5.32 Å². The number of hydrogen-bond donors (Lipinski definition) is 1. The second kappa shape index (κ2) is 7.92. The second-order valence-electron chi connectivity index (χ2n) is 5.14. The van der Waals surface area contributed by atoms with E-state index in [4.69, 9.17) is 9.47 Å². The summed E-state index contributed by atoms with van der Waals surface area (Å²) in [6.45, 7) is 1.42. The monoisotopic (exact) mass is 361 g/mol. The van der Waals surface area contributed by atoms with Gasteiger partial charge in [0.2, 0.25) is 0 Å². The van der Waals surface area contributed by atoms with Crippen molar-refractivity contribution in [2.75, 3.05) is 12.4 Å². The highest BCUT2D eigenvalue weighted by atomic mass is 16.6. The molecule has 136 valence electrons. The second-order valence-corrected chi connectivity index (χ2v) is 5.14. The molecule has 0 spiro atoms. The van der Waals surface area contributed by atoms with Gasteiger partial charge in [-0.1, -0.05) is 6.07 Å². The van der Waals surface area contributed by atoms with E-state index < -0.39 is 21.9 Å². The molecule has 0 aromatic heterocycles. The van der Waals surface area contributed by atoms with Crippen molar-refractivity contribution in [3.8, 4) is 11.5 Å². The Kier molecular flexibility index (Phi) is 5.68. The van der Waals surface area contributed by atoms with Gasteiger partial charge in [-0.3, -0.25) is 25.0 Å². The van der Waals surface area contributed by atoms with Crippen molar-refractivity contribution in [2.45, 2.75) is 13.0 Å². The topological polar surface area (TPSA) is 134 Å². The molecule has 0 fully saturated rings. The predicted molar refractivity (Wildman–Crippen MR) is 91.5 cm³/mol. The maximum absolute atomic E-state index is 12.2. The molecule has 2 rings (SSSR count). The molecule has 10 heteroatoms. The fourth-order valence-corrected chi connectivity index (χ4v) is 2.06. The Bertz CT molecular complexity index is 853. The van der Waals surface area contributed by atoms with Crippen molar-refractivity contribution >= 4 is 23.0 Å². The van der Waals surface area contributed by atoms with Crippen LogP contribution in [-0.4, -0.2) is 29.0 Å². The smallest absolute Gasteiger partial charge is 0.296 e. The molecule has 0 heterocycles. The van der Waals surface area contributed by atoms with Gasteiger partial charge in [0.25, 0.3) is 17.3 Å². The van der Waals surface area contributed by atoms with E-state index in [0.717, 1.165) is 0 Å².